The van der Waals surface area contributed by atoms with Gasteiger partial charge in [0.1, 0.15) is 11.6 Å². The number of allylic oxidation sites excluding steroid dienone is 5. The fourth-order valence-corrected chi connectivity index (χ4v) is 9.30. The van der Waals surface area contributed by atoms with Crippen LogP contribution in [0.2, 0.25) is 0 Å². The Bertz CT molecular complexity index is 3240. The summed E-state index contributed by atoms with van der Waals surface area (Å²) in [6.07, 6.45) is 7.81. The summed E-state index contributed by atoms with van der Waals surface area (Å²) in [5.74, 6) is 1.75. The van der Waals surface area contributed by atoms with Crippen LogP contribution in [0.15, 0.2) is 194 Å². The van der Waals surface area contributed by atoms with Gasteiger partial charge in [0, 0.05) is 33.4 Å². The van der Waals surface area contributed by atoms with Crippen LogP contribution in [0.3, 0.4) is 0 Å². The van der Waals surface area contributed by atoms with Crippen molar-refractivity contribution in [2.24, 2.45) is 0 Å². The maximum Gasteiger partial charge on any atom is 0.138 e. The van der Waals surface area contributed by atoms with Crippen molar-refractivity contribution in [2.45, 2.75) is 46.5 Å². The second kappa shape index (κ2) is 17.1. The van der Waals surface area contributed by atoms with Gasteiger partial charge in [0.05, 0.1) is 22.8 Å². The van der Waals surface area contributed by atoms with Gasteiger partial charge in [-0.3, -0.25) is 0 Å². The van der Waals surface area contributed by atoms with Crippen molar-refractivity contribution in [3.8, 4) is 56.4 Å². The number of aromatic amines is 2. The first-order chi connectivity index (χ1) is 31.0. The van der Waals surface area contributed by atoms with Gasteiger partial charge >= 0.3 is 0 Å². The van der Waals surface area contributed by atoms with Gasteiger partial charge in [-0.15, -0.1) is 0 Å². The van der Waals surface area contributed by atoms with Gasteiger partial charge in [0.25, 0.3) is 0 Å². The van der Waals surface area contributed by atoms with E-state index in [1.54, 1.807) is 0 Å². The second-order valence-corrected chi connectivity index (χ2v) is 16.5. The number of H-pyrrole nitrogens is 2. The molecule has 4 heteroatoms. The number of aryl methyl sites for hydroxylation is 2. The highest BCUT2D eigenvalue weighted by atomic mass is 14.9. The molecule has 4 nitrogen and oxygen atoms in total. The molecule has 0 aliphatic rings. The third-order valence-electron chi connectivity index (χ3n) is 12.6. The lowest BCUT2D eigenvalue weighted by molar-refractivity contribution is 0.938. The van der Waals surface area contributed by atoms with E-state index in [-0.39, 0.29) is 0 Å². The Balaban J connectivity index is 1.01. The maximum absolute atomic E-state index is 5.53. The second-order valence-electron chi connectivity index (χ2n) is 16.5. The molecule has 306 valence electrons. The Morgan fingerprint density at radius 2 is 1.21 bits per heavy atom. The topological polar surface area (TPSA) is 57.4 Å². The summed E-state index contributed by atoms with van der Waals surface area (Å²) in [4.78, 5) is 18.4. The average Bonchev–Trinajstić information content (AvgIpc) is 4.00. The number of hydrogen-bond acceptors (Lipinski definition) is 2. The first-order valence-corrected chi connectivity index (χ1v) is 22.2. The zero-order valence-corrected chi connectivity index (χ0v) is 36.2. The molecule has 0 aliphatic heterocycles. The van der Waals surface area contributed by atoms with Crippen LogP contribution in [-0.2, 0) is 12.8 Å². The normalized spacial score (nSPS) is 12.4. The van der Waals surface area contributed by atoms with Crippen LogP contribution in [0, 0.1) is 0 Å². The van der Waals surface area contributed by atoms with E-state index in [9.17, 15) is 0 Å². The number of imidazole rings is 2. The van der Waals surface area contributed by atoms with Crippen molar-refractivity contribution < 1.29 is 0 Å². The molecule has 0 saturated heterocycles. The highest BCUT2D eigenvalue weighted by Crippen LogP contribution is 2.43. The predicted octanol–water partition coefficient (Wildman–Crippen LogP) is 15.9. The van der Waals surface area contributed by atoms with E-state index in [1.807, 2.05) is 12.1 Å². The molecule has 0 radical (unpaired) electrons. The molecule has 2 N–H and O–H groups in total. The minimum absolute atomic E-state index is 0.844. The van der Waals surface area contributed by atoms with Crippen LogP contribution in [0.5, 0.6) is 0 Å². The molecule has 0 unspecified atom stereocenters. The van der Waals surface area contributed by atoms with E-state index in [2.05, 4.69) is 201 Å². The number of aromatic nitrogens is 4. The summed E-state index contributed by atoms with van der Waals surface area (Å²) in [5, 5.41) is 7.60. The Morgan fingerprint density at radius 1 is 0.587 bits per heavy atom. The van der Waals surface area contributed by atoms with E-state index >= 15 is 0 Å². The minimum Gasteiger partial charge on any atom is -0.337 e. The van der Waals surface area contributed by atoms with Crippen LogP contribution in [0.1, 0.15) is 50.6 Å². The zero-order valence-electron chi connectivity index (χ0n) is 36.2. The van der Waals surface area contributed by atoms with Crippen LogP contribution in [0.4, 0.5) is 0 Å². The molecule has 10 aromatic rings. The van der Waals surface area contributed by atoms with Crippen molar-refractivity contribution >= 4 is 37.9 Å². The number of rotatable bonds is 13. The number of hydrogen-bond donors (Lipinski definition) is 2. The molecule has 0 aliphatic carbocycles. The first-order valence-electron chi connectivity index (χ1n) is 22.2. The lowest BCUT2D eigenvalue weighted by Crippen LogP contribution is -1.95. The summed E-state index contributed by atoms with van der Waals surface area (Å²) >= 11 is 0. The molecule has 63 heavy (non-hydrogen) atoms. The Labute approximate surface area is 369 Å². The third kappa shape index (κ3) is 7.48. The van der Waals surface area contributed by atoms with Crippen molar-refractivity contribution in [3.63, 3.8) is 0 Å². The van der Waals surface area contributed by atoms with Crippen LogP contribution in [0.25, 0.3) is 94.3 Å². The molecule has 8 aromatic carbocycles. The molecule has 2 aromatic heterocycles. The molecule has 0 saturated carbocycles. The molecule has 0 fully saturated rings. The average molecular weight is 815 g/mol. The number of nitrogens with one attached hydrogen (secondary N) is 2. The van der Waals surface area contributed by atoms with Gasteiger partial charge in [0.2, 0.25) is 0 Å². The monoisotopic (exact) mass is 814 g/mol. The molecule has 2 heterocycles. The molecule has 0 spiro atoms. The fourth-order valence-electron chi connectivity index (χ4n) is 9.30. The van der Waals surface area contributed by atoms with Gasteiger partial charge in [-0.1, -0.05) is 196 Å². The Morgan fingerprint density at radius 3 is 1.86 bits per heavy atom. The first kappa shape index (κ1) is 39.6. The van der Waals surface area contributed by atoms with E-state index in [0.29, 0.717) is 0 Å². The van der Waals surface area contributed by atoms with E-state index in [0.717, 1.165) is 99.1 Å². The summed E-state index contributed by atoms with van der Waals surface area (Å²) < 4.78 is 0. The predicted molar refractivity (Wildman–Crippen MR) is 267 cm³/mol. The smallest absolute Gasteiger partial charge is 0.138 e. The number of nitrogens with zero attached hydrogens (tertiary/aromatic N) is 2. The summed E-state index contributed by atoms with van der Waals surface area (Å²) in [7, 11) is 0. The molecular formula is C59H50N4. The number of benzene rings is 8. The lowest BCUT2D eigenvalue weighted by Gasteiger charge is -2.14. The maximum atomic E-state index is 5.53. The van der Waals surface area contributed by atoms with Gasteiger partial charge in [-0.05, 0) is 87.7 Å². The SMILES string of the molecule is C=C/C(CC)=C(\C=C(/C)CCc1ccc(CC)c(-c2nc(-c3ccc4ccc5cccc6ccc3c4c56)c(-c3ccccc3)[nH]2)c1)c1nc(-c2ccccc2)c(-c2ccccc2)[nH]1. The van der Waals surface area contributed by atoms with E-state index < -0.39 is 0 Å². The third-order valence-corrected chi connectivity index (χ3v) is 12.6. The van der Waals surface area contributed by atoms with Gasteiger partial charge < -0.3 is 9.97 Å². The largest absolute Gasteiger partial charge is 0.337 e. The zero-order chi connectivity index (χ0) is 42.9. The van der Waals surface area contributed by atoms with Crippen molar-refractivity contribution in [2.75, 3.05) is 0 Å². The van der Waals surface area contributed by atoms with Crippen molar-refractivity contribution in [1.82, 2.24) is 19.9 Å². The standard InChI is InChI=1S/C59H50N4/c1-5-40(6-2)50(58-60-54(45-18-11-8-12-19-45)55(61-58)46-20-13-9-14-21-46)36-38(4)26-27-39-28-29-41(7-3)51(37-39)59-62-56(47-22-15-10-16-23-47)57(63-59)49-35-33-44-31-30-42-24-17-25-43-32-34-48(49)53(44)52(42)43/h5,8-25,28-37H,1,6-7,26-27H2,2-4H3,(H,60,61)(H,62,63)/b38-36+,50-40-. The van der Waals surface area contributed by atoms with Crippen molar-refractivity contribution in [3.05, 3.63) is 211 Å². The van der Waals surface area contributed by atoms with Crippen LogP contribution >= 0.6 is 0 Å². The molecule has 0 atom stereocenters. The van der Waals surface area contributed by atoms with E-state index in [1.165, 1.54) is 49.0 Å². The van der Waals surface area contributed by atoms with Gasteiger partial charge in [-0.2, -0.15) is 0 Å². The van der Waals surface area contributed by atoms with Gasteiger partial charge in [-0.25, -0.2) is 9.97 Å². The Hall–Kier alpha value is -7.56. The summed E-state index contributed by atoms with van der Waals surface area (Å²) in [5.41, 5.74) is 15.6. The molecule has 0 amide bonds. The molecule has 0 bridgehead atoms. The fraction of sp³-hybridized carbons (Fsp3) is 0.119. The molecular weight excluding hydrogens is 765 g/mol. The van der Waals surface area contributed by atoms with Crippen LogP contribution in [-0.4, -0.2) is 19.9 Å². The highest BCUT2D eigenvalue weighted by Gasteiger charge is 2.22. The van der Waals surface area contributed by atoms with Gasteiger partial charge in [0.15, 0.2) is 0 Å². The quantitative estimate of drug-likeness (QED) is 0.0900. The van der Waals surface area contributed by atoms with Crippen LogP contribution < -0.4 is 0 Å². The van der Waals surface area contributed by atoms with Crippen molar-refractivity contribution in [1.29, 1.82) is 0 Å². The molecule has 10 rings (SSSR count). The van der Waals surface area contributed by atoms with E-state index in [4.69, 9.17) is 9.97 Å². The Kier molecular flexibility index (Phi) is 10.7. The lowest BCUT2D eigenvalue weighted by atomic mass is 9.90. The summed E-state index contributed by atoms with van der Waals surface area (Å²) in [6, 6.07) is 58.6. The minimum atomic E-state index is 0.844. The highest BCUT2D eigenvalue weighted by molar-refractivity contribution is 6.25. The summed E-state index contributed by atoms with van der Waals surface area (Å²) in [6.45, 7) is 10.9.